The van der Waals surface area contributed by atoms with Crippen LogP contribution in [0.25, 0.3) is 0 Å². The second-order valence-corrected chi connectivity index (χ2v) is 6.47. The van der Waals surface area contributed by atoms with Gasteiger partial charge >= 0.3 is 0 Å². The highest BCUT2D eigenvalue weighted by molar-refractivity contribution is 5.56. The Hall–Kier alpha value is -0.870. The largest absolute Gasteiger partial charge is 0.340 e. The van der Waals surface area contributed by atoms with Gasteiger partial charge in [-0.05, 0) is 73.9 Å². The number of allylic oxidation sites excluding steroid dienone is 1. The molecule has 4 heteroatoms. The summed E-state index contributed by atoms with van der Waals surface area (Å²) in [7, 11) is 8.53. The molecule has 0 rings (SSSR count). The van der Waals surface area contributed by atoms with Gasteiger partial charge in [0, 0.05) is 19.3 Å². The van der Waals surface area contributed by atoms with Crippen LogP contribution >= 0.6 is 0 Å². The average Bonchev–Trinajstić information content (AvgIpc) is 2.45. The van der Waals surface area contributed by atoms with E-state index in [1.807, 2.05) is 6.34 Å². The third kappa shape index (κ3) is 15.5. The van der Waals surface area contributed by atoms with Crippen LogP contribution in [0.15, 0.2) is 17.3 Å². The standard InChI is InChI=1S/C18H38N4/c1-6-14-22(17-12-8-11-16-21(4)5)18-19-13-9-7-10-15-20(2)3/h6,14,18H,7-13,15-17H2,1-5H3/b14-6-,19-18+. The molecule has 0 saturated carbocycles. The fourth-order valence-electron chi connectivity index (χ4n) is 2.23. The molecule has 0 aliphatic heterocycles. The summed E-state index contributed by atoms with van der Waals surface area (Å²) in [5.74, 6) is 0. The zero-order chi connectivity index (χ0) is 16.6. The first-order valence-corrected chi connectivity index (χ1v) is 8.74. The molecule has 0 amide bonds. The van der Waals surface area contributed by atoms with Gasteiger partial charge in [0.05, 0.1) is 6.34 Å². The smallest absolute Gasteiger partial charge is 0.0889 e. The second-order valence-electron chi connectivity index (χ2n) is 6.47. The molecule has 0 unspecified atom stereocenters. The lowest BCUT2D eigenvalue weighted by Crippen LogP contribution is -2.17. The third-order valence-corrected chi connectivity index (χ3v) is 3.48. The van der Waals surface area contributed by atoms with E-state index in [9.17, 15) is 0 Å². The van der Waals surface area contributed by atoms with Crippen LogP contribution in [0, 0.1) is 0 Å². The number of hydrogen-bond donors (Lipinski definition) is 0. The van der Waals surface area contributed by atoms with Crippen LogP contribution in [0.4, 0.5) is 0 Å². The lowest BCUT2D eigenvalue weighted by atomic mass is 10.2. The van der Waals surface area contributed by atoms with E-state index >= 15 is 0 Å². The molecule has 0 heterocycles. The van der Waals surface area contributed by atoms with Gasteiger partial charge in [0.25, 0.3) is 0 Å². The molecule has 130 valence electrons. The van der Waals surface area contributed by atoms with Crippen LogP contribution in [0.2, 0.25) is 0 Å². The van der Waals surface area contributed by atoms with Crippen molar-refractivity contribution in [2.45, 2.75) is 45.4 Å². The van der Waals surface area contributed by atoms with Crippen molar-refractivity contribution in [1.82, 2.24) is 14.7 Å². The van der Waals surface area contributed by atoms with Crippen molar-refractivity contribution in [2.75, 3.05) is 54.4 Å². The highest BCUT2D eigenvalue weighted by atomic mass is 15.1. The van der Waals surface area contributed by atoms with E-state index in [0.29, 0.717) is 0 Å². The molecule has 0 aromatic rings. The fourth-order valence-corrected chi connectivity index (χ4v) is 2.23. The number of nitrogens with zero attached hydrogens (tertiary/aromatic N) is 4. The average molecular weight is 311 g/mol. The second kappa shape index (κ2) is 15.0. The van der Waals surface area contributed by atoms with Gasteiger partial charge in [-0.2, -0.15) is 0 Å². The van der Waals surface area contributed by atoms with E-state index in [0.717, 1.165) is 13.1 Å². The highest BCUT2D eigenvalue weighted by Gasteiger charge is 1.97. The van der Waals surface area contributed by atoms with Gasteiger partial charge in [0.15, 0.2) is 0 Å². The van der Waals surface area contributed by atoms with Crippen LogP contribution in [-0.4, -0.2) is 75.4 Å². The SMILES string of the molecule is C/C=C\N(/C=N/CCCCCN(C)C)CCCCCN(C)C. The first-order valence-electron chi connectivity index (χ1n) is 8.74. The highest BCUT2D eigenvalue weighted by Crippen LogP contribution is 2.00. The molecule has 4 nitrogen and oxygen atoms in total. The number of unbranched alkanes of at least 4 members (excludes halogenated alkanes) is 4. The molecule has 0 atom stereocenters. The van der Waals surface area contributed by atoms with Gasteiger partial charge in [-0.1, -0.05) is 18.9 Å². The van der Waals surface area contributed by atoms with Gasteiger partial charge in [0.2, 0.25) is 0 Å². The van der Waals surface area contributed by atoms with Crippen molar-refractivity contribution < 1.29 is 0 Å². The first kappa shape index (κ1) is 21.1. The summed E-state index contributed by atoms with van der Waals surface area (Å²) in [6.07, 6.45) is 13.7. The monoisotopic (exact) mass is 310 g/mol. The Morgan fingerprint density at radius 3 is 1.82 bits per heavy atom. The minimum Gasteiger partial charge on any atom is -0.340 e. The maximum Gasteiger partial charge on any atom is 0.0889 e. The van der Waals surface area contributed by atoms with E-state index in [-0.39, 0.29) is 0 Å². The van der Waals surface area contributed by atoms with E-state index in [1.165, 1.54) is 51.6 Å². The molecule has 22 heavy (non-hydrogen) atoms. The third-order valence-electron chi connectivity index (χ3n) is 3.48. The Bertz CT molecular complexity index is 285. The Labute approximate surface area is 138 Å². The number of hydrogen-bond acceptors (Lipinski definition) is 3. The molecule has 0 N–H and O–H groups in total. The summed E-state index contributed by atoms with van der Waals surface area (Å²) in [6, 6.07) is 0. The van der Waals surface area contributed by atoms with E-state index in [2.05, 4.69) is 67.1 Å². The molecule has 0 aliphatic carbocycles. The summed E-state index contributed by atoms with van der Waals surface area (Å²) in [6.45, 7) is 6.45. The fraction of sp³-hybridized carbons (Fsp3) is 0.833. The Kier molecular flexibility index (Phi) is 14.4. The van der Waals surface area contributed by atoms with Crippen molar-refractivity contribution in [3.63, 3.8) is 0 Å². The van der Waals surface area contributed by atoms with Gasteiger partial charge in [-0.3, -0.25) is 4.99 Å². The van der Waals surface area contributed by atoms with Crippen molar-refractivity contribution in [3.05, 3.63) is 12.3 Å². The molecule has 0 aromatic heterocycles. The van der Waals surface area contributed by atoms with Gasteiger partial charge in [-0.15, -0.1) is 0 Å². The Morgan fingerprint density at radius 1 is 0.727 bits per heavy atom. The van der Waals surface area contributed by atoms with Crippen molar-refractivity contribution in [2.24, 2.45) is 4.99 Å². The zero-order valence-corrected chi connectivity index (χ0v) is 15.6. The summed E-state index contributed by atoms with van der Waals surface area (Å²) in [5, 5.41) is 0. The summed E-state index contributed by atoms with van der Waals surface area (Å²) in [5.41, 5.74) is 0. The molecule has 0 aromatic carbocycles. The van der Waals surface area contributed by atoms with Crippen LogP contribution in [0.5, 0.6) is 0 Å². The van der Waals surface area contributed by atoms with Crippen LogP contribution in [-0.2, 0) is 0 Å². The van der Waals surface area contributed by atoms with Gasteiger partial charge < -0.3 is 14.7 Å². The minimum atomic E-state index is 0.947. The number of aliphatic imine (C=N–C) groups is 1. The normalized spacial score (nSPS) is 12.3. The zero-order valence-electron chi connectivity index (χ0n) is 15.6. The van der Waals surface area contributed by atoms with Gasteiger partial charge in [0.1, 0.15) is 0 Å². The lowest BCUT2D eigenvalue weighted by Gasteiger charge is -2.15. The van der Waals surface area contributed by atoms with Gasteiger partial charge in [-0.25, -0.2) is 0 Å². The molecule has 0 saturated heterocycles. The van der Waals surface area contributed by atoms with E-state index < -0.39 is 0 Å². The summed E-state index contributed by atoms with van der Waals surface area (Å²) < 4.78 is 0. The van der Waals surface area contributed by atoms with Crippen molar-refractivity contribution in [3.8, 4) is 0 Å². The van der Waals surface area contributed by atoms with E-state index in [1.54, 1.807) is 0 Å². The van der Waals surface area contributed by atoms with Crippen LogP contribution < -0.4 is 0 Å². The predicted octanol–water partition coefficient (Wildman–Crippen LogP) is 3.31. The molecular formula is C18H38N4. The minimum absolute atomic E-state index is 0.947. The molecule has 0 spiro atoms. The Morgan fingerprint density at radius 2 is 1.27 bits per heavy atom. The Balaban J connectivity index is 3.72. The molecular weight excluding hydrogens is 272 g/mol. The van der Waals surface area contributed by atoms with Crippen LogP contribution in [0.3, 0.4) is 0 Å². The molecule has 0 aliphatic rings. The quantitative estimate of drug-likeness (QED) is 0.279. The summed E-state index contributed by atoms with van der Waals surface area (Å²) in [4.78, 5) is 11.3. The predicted molar refractivity (Wildman–Crippen MR) is 99.7 cm³/mol. The van der Waals surface area contributed by atoms with Crippen molar-refractivity contribution in [1.29, 1.82) is 0 Å². The maximum absolute atomic E-state index is 4.56. The maximum atomic E-state index is 4.56. The molecule has 0 bridgehead atoms. The molecule has 0 fully saturated rings. The van der Waals surface area contributed by atoms with Crippen molar-refractivity contribution >= 4 is 6.34 Å². The number of rotatable bonds is 14. The van der Waals surface area contributed by atoms with E-state index in [4.69, 9.17) is 0 Å². The van der Waals surface area contributed by atoms with Crippen LogP contribution in [0.1, 0.15) is 45.4 Å². The first-order chi connectivity index (χ1) is 10.6. The molecule has 0 radical (unpaired) electrons. The topological polar surface area (TPSA) is 22.1 Å². The summed E-state index contributed by atoms with van der Waals surface area (Å²) >= 11 is 0. The lowest BCUT2D eigenvalue weighted by molar-refractivity contribution is 0.386.